The minimum Gasteiger partial charge on any atom is -0.329 e. The number of hydrogen-bond acceptors (Lipinski definition) is 3. The van der Waals surface area contributed by atoms with Crippen molar-refractivity contribution >= 4 is 16.6 Å². The second-order valence-electron chi connectivity index (χ2n) is 4.69. The molecule has 1 heterocycles. The fourth-order valence-corrected chi connectivity index (χ4v) is 2.67. The molecule has 3 rings (SSSR count). The first-order chi connectivity index (χ1) is 10.1. The van der Waals surface area contributed by atoms with E-state index in [2.05, 4.69) is 6.07 Å². The molecular formula is C16H11N3O2. The van der Waals surface area contributed by atoms with Gasteiger partial charge in [0, 0.05) is 24.1 Å². The Morgan fingerprint density at radius 2 is 1.86 bits per heavy atom. The number of nitrogens with zero attached hydrogens (tertiary/aromatic N) is 3. The number of aromatic nitrogens is 1. The van der Waals surface area contributed by atoms with E-state index in [0.717, 1.165) is 16.5 Å². The summed E-state index contributed by atoms with van der Waals surface area (Å²) in [6.45, 7) is 0. The van der Waals surface area contributed by atoms with Gasteiger partial charge in [-0.25, -0.2) is 0 Å². The summed E-state index contributed by atoms with van der Waals surface area (Å²) >= 11 is 0. The van der Waals surface area contributed by atoms with Gasteiger partial charge in [0.2, 0.25) is 0 Å². The number of rotatable bonds is 2. The molecule has 5 nitrogen and oxygen atoms in total. The first-order valence-electron chi connectivity index (χ1n) is 6.36. The van der Waals surface area contributed by atoms with Crippen LogP contribution in [0.2, 0.25) is 0 Å². The zero-order chi connectivity index (χ0) is 15.0. The third-order valence-corrected chi connectivity index (χ3v) is 3.56. The molecule has 0 fully saturated rings. The molecule has 0 aliphatic heterocycles. The number of fused-ring (bicyclic) bond motifs is 1. The smallest absolute Gasteiger partial charge is 0.293 e. The third-order valence-electron chi connectivity index (χ3n) is 3.56. The Morgan fingerprint density at radius 3 is 2.48 bits per heavy atom. The minimum absolute atomic E-state index is 0.00804. The molecule has 102 valence electrons. The van der Waals surface area contributed by atoms with Gasteiger partial charge in [-0.1, -0.05) is 42.5 Å². The molecule has 0 saturated carbocycles. The molecule has 21 heavy (non-hydrogen) atoms. The normalized spacial score (nSPS) is 10.5. The number of nitriles is 1. The SMILES string of the molecule is Cn1c(C#N)c(-c2ccccc2)c2cccc([N+](=O)[O-])c21. The molecule has 0 aliphatic carbocycles. The summed E-state index contributed by atoms with van der Waals surface area (Å²) in [5, 5.41) is 21.4. The first kappa shape index (κ1) is 12.9. The second-order valence-corrected chi connectivity index (χ2v) is 4.69. The Kier molecular flexibility index (Phi) is 2.92. The number of para-hydroxylation sites is 1. The van der Waals surface area contributed by atoms with Crippen molar-refractivity contribution in [3.05, 3.63) is 64.3 Å². The first-order valence-corrected chi connectivity index (χ1v) is 6.36. The van der Waals surface area contributed by atoms with E-state index in [1.54, 1.807) is 17.7 Å². The van der Waals surface area contributed by atoms with E-state index in [1.807, 2.05) is 36.4 Å². The lowest BCUT2D eigenvalue weighted by atomic mass is 10.0. The van der Waals surface area contributed by atoms with E-state index in [-0.39, 0.29) is 5.69 Å². The van der Waals surface area contributed by atoms with Crippen molar-refractivity contribution in [3.8, 4) is 17.2 Å². The van der Waals surface area contributed by atoms with Crippen LogP contribution in [0.25, 0.3) is 22.0 Å². The van der Waals surface area contributed by atoms with E-state index in [4.69, 9.17) is 0 Å². The maximum atomic E-state index is 11.2. The standard InChI is InChI=1S/C16H11N3O2/c1-18-14(10-17)15(11-6-3-2-4-7-11)12-8-5-9-13(16(12)18)19(20)21/h2-9H,1H3. The molecule has 5 heteroatoms. The molecule has 0 unspecified atom stereocenters. The van der Waals surface area contributed by atoms with E-state index >= 15 is 0 Å². The summed E-state index contributed by atoms with van der Waals surface area (Å²) in [4.78, 5) is 10.8. The molecule has 0 N–H and O–H groups in total. The Morgan fingerprint density at radius 1 is 1.14 bits per heavy atom. The number of aryl methyl sites for hydroxylation is 1. The number of non-ortho nitro benzene ring substituents is 1. The highest BCUT2D eigenvalue weighted by Crippen LogP contribution is 2.37. The van der Waals surface area contributed by atoms with Gasteiger partial charge in [-0.15, -0.1) is 0 Å². The molecule has 2 aromatic carbocycles. The predicted octanol–water partition coefficient (Wildman–Crippen LogP) is 3.63. The van der Waals surface area contributed by atoms with E-state index < -0.39 is 4.92 Å². The Bertz CT molecular complexity index is 889. The molecule has 0 amide bonds. The lowest BCUT2D eigenvalue weighted by molar-refractivity contribution is -0.383. The van der Waals surface area contributed by atoms with Gasteiger partial charge < -0.3 is 4.57 Å². The molecule has 3 aromatic rings. The fraction of sp³-hybridized carbons (Fsp3) is 0.0625. The summed E-state index contributed by atoms with van der Waals surface area (Å²) in [6, 6.07) is 16.5. The summed E-state index contributed by atoms with van der Waals surface area (Å²) in [5.74, 6) is 0. The summed E-state index contributed by atoms with van der Waals surface area (Å²) in [7, 11) is 1.68. The average Bonchev–Trinajstić information content (AvgIpc) is 2.80. The van der Waals surface area contributed by atoms with Crippen molar-refractivity contribution in [3.63, 3.8) is 0 Å². The van der Waals surface area contributed by atoms with Gasteiger partial charge in [0.1, 0.15) is 17.3 Å². The van der Waals surface area contributed by atoms with Crippen LogP contribution in [0.4, 0.5) is 5.69 Å². The quantitative estimate of drug-likeness (QED) is 0.530. The van der Waals surface area contributed by atoms with Crippen LogP contribution in [-0.4, -0.2) is 9.49 Å². The largest absolute Gasteiger partial charge is 0.329 e. The van der Waals surface area contributed by atoms with Crippen molar-refractivity contribution in [2.24, 2.45) is 7.05 Å². The van der Waals surface area contributed by atoms with Crippen LogP contribution in [0, 0.1) is 21.4 Å². The number of benzene rings is 2. The van der Waals surface area contributed by atoms with Gasteiger partial charge in [-0.05, 0) is 5.56 Å². The maximum Gasteiger partial charge on any atom is 0.293 e. The van der Waals surface area contributed by atoms with Gasteiger partial charge in [-0.3, -0.25) is 10.1 Å². The van der Waals surface area contributed by atoms with Crippen LogP contribution in [0.15, 0.2) is 48.5 Å². The van der Waals surface area contributed by atoms with Crippen LogP contribution in [-0.2, 0) is 7.05 Å². The van der Waals surface area contributed by atoms with Crippen LogP contribution >= 0.6 is 0 Å². The number of nitro groups is 1. The molecule has 1 aromatic heterocycles. The fourth-order valence-electron chi connectivity index (χ4n) is 2.67. The van der Waals surface area contributed by atoms with Gasteiger partial charge in [-0.2, -0.15) is 5.26 Å². The van der Waals surface area contributed by atoms with Crippen LogP contribution in [0.3, 0.4) is 0 Å². The van der Waals surface area contributed by atoms with Crippen molar-refractivity contribution in [1.29, 1.82) is 5.26 Å². The van der Waals surface area contributed by atoms with Crippen LogP contribution in [0.5, 0.6) is 0 Å². The topological polar surface area (TPSA) is 71.9 Å². The zero-order valence-corrected chi connectivity index (χ0v) is 11.3. The highest BCUT2D eigenvalue weighted by atomic mass is 16.6. The molecule has 0 aliphatic rings. The maximum absolute atomic E-state index is 11.2. The van der Waals surface area contributed by atoms with Crippen molar-refractivity contribution in [2.45, 2.75) is 0 Å². The van der Waals surface area contributed by atoms with Crippen LogP contribution in [0.1, 0.15) is 5.69 Å². The van der Waals surface area contributed by atoms with Crippen molar-refractivity contribution < 1.29 is 4.92 Å². The second kappa shape index (κ2) is 4.76. The lowest BCUT2D eigenvalue weighted by Gasteiger charge is -2.00. The van der Waals surface area contributed by atoms with Crippen molar-refractivity contribution in [2.75, 3.05) is 0 Å². The molecule has 0 spiro atoms. The Labute approximate surface area is 120 Å². The van der Waals surface area contributed by atoms with E-state index in [0.29, 0.717) is 11.2 Å². The Hall–Kier alpha value is -3.13. The predicted molar refractivity (Wildman–Crippen MR) is 79.7 cm³/mol. The molecular weight excluding hydrogens is 266 g/mol. The van der Waals surface area contributed by atoms with Gasteiger partial charge in [0.05, 0.1) is 4.92 Å². The summed E-state index contributed by atoms with van der Waals surface area (Å²) in [5.41, 5.74) is 2.51. The summed E-state index contributed by atoms with van der Waals surface area (Å²) in [6.07, 6.45) is 0. The van der Waals surface area contributed by atoms with Gasteiger partial charge in [0.25, 0.3) is 5.69 Å². The van der Waals surface area contributed by atoms with Gasteiger partial charge >= 0.3 is 0 Å². The molecule has 0 atom stereocenters. The van der Waals surface area contributed by atoms with Gasteiger partial charge in [0.15, 0.2) is 0 Å². The highest BCUT2D eigenvalue weighted by Gasteiger charge is 2.22. The zero-order valence-electron chi connectivity index (χ0n) is 11.3. The van der Waals surface area contributed by atoms with Crippen LogP contribution < -0.4 is 0 Å². The van der Waals surface area contributed by atoms with Crippen molar-refractivity contribution in [1.82, 2.24) is 4.57 Å². The number of nitro benzene ring substituents is 1. The van der Waals surface area contributed by atoms with E-state index in [9.17, 15) is 15.4 Å². The minimum atomic E-state index is -0.418. The molecule has 0 radical (unpaired) electrons. The summed E-state index contributed by atoms with van der Waals surface area (Å²) < 4.78 is 1.59. The third kappa shape index (κ3) is 1.85. The number of hydrogen-bond donors (Lipinski definition) is 0. The monoisotopic (exact) mass is 277 g/mol. The molecule has 0 saturated heterocycles. The molecule has 0 bridgehead atoms. The Balaban J connectivity index is 2.49. The average molecular weight is 277 g/mol. The van der Waals surface area contributed by atoms with E-state index in [1.165, 1.54) is 6.07 Å². The highest BCUT2D eigenvalue weighted by molar-refractivity contribution is 6.03. The lowest BCUT2D eigenvalue weighted by Crippen LogP contribution is -1.96.